The minimum Gasteiger partial charge on any atom is -0.482 e. The van der Waals surface area contributed by atoms with Crippen molar-refractivity contribution in [2.75, 3.05) is 5.32 Å². The van der Waals surface area contributed by atoms with Gasteiger partial charge in [-0.15, -0.1) is 0 Å². The molecule has 3 rings (SSSR count). The molecule has 2 atom stereocenters. The summed E-state index contributed by atoms with van der Waals surface area (Å²) in [7, 11) is 0. The summed E-state index contributed by atoms with van der Waals surface area (Å²) in [6.45, 7) is 7.80. The molecule has 0 fully saturated rings. The van der Waals surface area contributed by atoms with Gasteiger partial charge < -0.3 is 19.4 Å². The molecule has 6 heteroatoms. The number of carbonyl (C=O) groups is 1. The molecule has 1 aromatic carbocycles. The number of hydrogen-bond donors (Lipinski definition) is 1. The molecule has 0 saturated heterocycles. The van der Waals surface area contributed by atoms with Gasteiger partial charge in [-0.3, -0.25) is 4.79 Å². The molecule has 1 aromatic heterocycles. The average molecular weight is 339 g/mol. The van der Waals surface area contributed by atoms with Gasteiger partial charge in [0.1, 0.15) is 18.0 Å². The predicted molar refractivity (Wildman–Crippen MR) is 93.7 cm³/mol. The molecular formula is C19H21N3O3. The summed E-state index contributed by atoms with van der Waals surface area (Å²) in [4.78, 5) is 12.8. The fraction of sp³-hybridized carbons (Fsp3) is 0.368. The third-order valence-corrected chi connectivity index (χ3v) is 4.02. The second-order valence-electron chi connectivity index (χ2n) is 7.06. The van der Waals surface area contributed by atoms with Crippen LogP contribution in [0.5, 0.6) is 11.5 Å². The highest BCUT2D eigenvalue weighted by atomic mass is 16.6. The summed E-state index contributed by atoms with van der Waals surface area (Å²) < 4.78 is 13.5. The maximum absolute atomic E-state index is 12.8. The van der Waals surface area contributed by atoms with Crippen molar-refractivity contribution < 1.29 is 14.3 Å². The van der Waals surface area contributed by atoms with Crippen molar-refractivity contribution in [3.63, 3.8) is 0 Å². The van der Waals surface area contributed by atoms with E-state index in [0.717, 1.165) is 0 Å². The van der Waals surface area contributed by atoms with Crippen molar-refractivity contribution in [1.82, 2.24) is 4.57 Å². The average Bonchev–Trinajstić information content (AvgIpc) is 2.97. The molecule has 0 aliphatic carbocycles. The lowest BCUT2D eigenvalue weighted by atomic mass is 10.1. The molecule has 1 aliphatic rings. The number of rotatable bonds is 2. The van der Waals surface area contributed by atoms with Gasteiger partial charge in [0.2, 0.25) is 6.10 Å². The van der Waals surface area contributed by atoms with E-state index in [0.29, 0.717) is 22.9 Å². The quantitative estimate of drug-likeness (QED) is 0.911. The van der Waals surface area contributed by atoms with E-state index in [1.807, 2.05) is 43.5 Å². The number of nitriles is 1. The van der Waals surface area contributed by atoms with Crippen LogP contribution >= 0.6 is 0 Å². The van der Waals surface area contributed by atoms with E-state index in [1.165, 1.54) is 0 Å². The highest BCUT2D eigenvalue weighted by molar-refractivity contribution is 5.94. The van der Waals surface area contributed by atoms with Crippen LogP contribution in [0.25, 0.3) is 0 Å². The molecule has 2 aromatic rings. The van der Waals surface area contributed by atoms with Gasteiger partial charge in [0.25, 0.3) is 5.91 Å². The standard InChI is InChI=1S/C19H21N3O3/c1-12-17(25-15-8-6-5-7-14(15)24-12)18(23)21-16-9-13(10-20)11-22(16)19(2,3)4/h5-9,11-12,17H,1-4H3,(H,21,23)/t12-,17+/m1/s1. The monoisotopic (exact) mass is 339 g/mol. The molecule has 0 bridgehead atoms. The molecule has 25 heavy (non-hydrogen) atoms. The molecule has 1 amide bonds. The highest BCUT2D eigenvalue weighted by Crippen LogP contribution is 2.34. The first kappa shape index (κ1) is 16.9. The summed E-state index contributed by atoms with van der Waals surface area (Å²) in [5.41, 5.74) is 0.212. The topological polar surface area (TPSA) is 76.3 Å². The van der Waals surface area contributed by atoms with E-state index >= 15 is 0 Å². The maximum atomic E-state index is 12.8. The van der Waals surface area contributed by atoms with Crippen LogP contribution in [0.2, 0.25) is 0 Å². The first-order chi connectivity index (χ1) is 11.8. The van der Waals surface area contributed by atoms with Crippen LogP contribution in [-0.2, 0) is 10.3 Å². The summed E-state index contributed by atoms with van der Waals surface area (Å²) >= 11 is 0. The molecule has 2 heterocycles. The zero-order valence-electron chi connectivity index (χ0n) is 14.7. The Hall–Kier alpha value is -2.94. The molecule has 6 nitrogen and oxygen atoms in total. The summed E-state index contributed by atoms with van der Waals surface area (Å²) in [5, 5.41) is 12.0. The summed E-state index contributed by atoms with van der Waals surface area (Å²) in [6.07, 6.45) is 0.527. The third-order valence-electron chi connectivity index (χ3n) is 4.02. The van der Waals surface area contributed by atoms with Crippen molar-refractivity contribution in [3.05, 3.63) is 42.1 Å². The van der Waals surface area contributed by atoms with E-state index in [9.17, 15) is 4.79 Å². The lowest BCUT2D eigenvalue weighted by molar-refractivity contribution is -0.128. The number of amides is 1. The molecule has 1 N–H and O–H groups in total. The second-order valence-corrected chi connectivity index (χ2v) is 7.06. The van der Waals surface area contributed by atoms with Gasteiger partial charge in [-0.1, -0.05) is 12.1 Å². The van der Waals surface area contributed by atoms with Crippen LogP contribution in [0.4, 0.5) is 5.82 Å². The van der Waals surface area contributed by atoms with Gasteiger partial charge >= 0.3 is 0 Å². The van der Waals surface area contributed by atoms with Crippen LogP contribution in [0.3, 0.4) is 0 Å². The number of nitrogens with one attached hydrogen (secondary N) is 1. The van der Waals surface area contributed by atoms with E-state index in [1.54, 1.807) is 25.3 Å². The summed E-state index contributed by atoms with van der Waals surface area (Å²) in [6, 6.07) is 11.0. The number of fused-ring (bicyclic) bond motifs is 1. The maximum Gasteiger partial charge on any atom is 0.270 e. The van der Waals surface area contributed by atoms with Gasteiger partial charge in [0.15, 0.2) is 11.5 Å². The predicted octanol–water partition coefficient (Wildman–Crippen LogP) is 3.28. The number of para-hydroxylation sites is 2. The fourth-order valence-electron chi connectivity index (χ4n) is 2.78. The number of anilines is 1. The van der Waals surface area contributed by atoms with Crippen LogP contribution in [0, 0.1) is 11.3 Å². The van der Waals surface area contributed by atoms with Gasteiger partial charge in [0.05, 0.1) is 5.56 Å². The van der Waals surface area contributed by atoms with Crippen molar-refractivity contribution in [3.8, 4) is 17.6 Å². The van der Waals surface area contributed by atoms with Crippen LogP contribution in [-0.4, -0.2) is 22.7 Å². The molecule has 0 saturated carbocycles. The number of carbonyl (C=O) groups excluding carboxylic acids is 1. The Labute approximate surface area is 147 Å². The number of ether oxygens (including phenoxy) is 2. The molecule has 0 spiro atoms. The largest absolute Gasteiger partial charge is 0.482 e. The molecular weight excluding hydrogens is 318 g/mol. The normalized spacial score (nSPS) is 19.2. The Kier molecular flexibility index (Phi) is 4.17. The lowest BCUT2D eigenvalue weighted by Gasteiger charge is -2.31. The van der Waals surface area contributed by atoms with Gasteiger partial charge in [-0.25, -0.2) is 0 Å². The van der Waals surface area contributed by atoms with Crippen molar-refractivity contribution in [2.24, 2.45) is 0 Å². The second kappa shape index (κ2) is 6.17. The van der Waals surface area contributed by atoms with Crippen molar-refractivity contribution in [2.45, 2.75) is 45.4 Å². The number of aromatic nitrogens is 1. The minimum absolute atomic E-state index is 0.278. The van der Waals surface area contributed by atoms with Crippen LogP contribution in [0.15, 0.2) is 36.5 Å². The number of nitrogens with zero attached hydrogens (tertiary/aromatic N) is 2. The van der Waals surface area contributed by atoms with E-state index in [4.69, 9.17) is 14.7 Å². The van der Waals surface area contributed by atoms with Crippen LogP contribution < -0.4 is 14.8 Å². The Balaban J connectivity index is 1.84. The molecule has 1 aliphatic heterocycles. The third kappa shape index (κ3) is 3.31. The Morgan fingerprint density at radius 1 is 1.24 bits per heavy atom. The lowest BCUT2D eigenvalue weighted by Crippen LogP contribution is -2.46. The molecule has 0 unspecified atom stereocenters. The first-order valence-electron chi connectivity index (χ1n) is 8.16. The van der Waals surface area contributed by atoms with E-state index in [2.05, 4.69) is 11.4 Å². The van der Waals surface area contributed by atoms with Crippen LogP contribution in [0.1, 0.15) is 33.3 Å². The smallest absolute Gasteiger partial charge is 0.270 e. The summed E-state index contributed by atoms with van der Waals surface area (Å²) in [5.74, 6) is 1.42. The molecule has 0 radical (unpaired) electrons. The number of benzene rings is 1. The van der Waals surface area contributed by atoms with Crippen molar-refractivity contribution in [1.29, 1.82) is 5.26 Å². The van der Waals surface area contributed by atoms with Gasteiger partial charge in [-0.2, -0.15) is 5.26 Å². The van der Waals surface area contributed by atoms with Gasteiger partial charge in [-0.05, 0) is 45.9 Å². The highest BCUT2D eigenvalue weighted by Gasteiger charge is 2.34. The van der Waals surface area contributed by atoms with Crippen molar-refractivity contribution >= 4 is 11.7 Å². The van der Waals surface area contributed by atoms with E-state index < -0.39 is 12.2 Å². The Bertz CT molecular complexity index is 842. The first-order valence-corrected chi connectivity index (χ1v) is 8.16. The Morgan fingerprint density at radius 2 is 1.88 bits per heavy atom. The minimum atomic E-state index is -0.774. The zero-order valence-corrected chi connectivity index (χ0v) is 14.7. The SMILES string of the molecule is C[C@H]1Oc2ccccc2O[C@@H]1C(=O)Nc1cc(C#N)cn1C(C)(C)C. The molecule has 130 valence electrons. The fourth-order valence-corrected chi connectivity index (χ4v) is 2.78. The number of hydrogen-bond acceptors (Lipinski definition) is 4. The zero-order chi connectivity index (χ0) is 18.2. The van der Waals surface area contributed by atoms with E-state index in [-0.39, 0.29) is 11.4 Å². The Morgan fingerprint density at radius 3 is 2.48 bits per heavy atom. The van der Waals surface area contributed by atoms with Gasteiger partial charge in [0, 0.05) is 11.7 Å².